The second-order valence-corrected chi connectivity index (χ2v) is 9.22. The summed E-state index contributed by atoms with van der Waals surface area (Å²) in [6.07, 6.45) is 5.91. The zero-order valence-corrected chi connectivity index (χ0v) is 20.9. The van der Waals surface area contributed by atoms with Crippen molar-refractivity contribution in [2.24, 2.45) is 7.05 Å². The Morgan fingerprint density at radius 2 is 2.08 bits per heavy atom. The minimum absolute atomic E-state index is 0.164. The highest BCUT2D eigenvalue weighted by Crippen LogP contribution is 2.23. The van der Waals surface area contributed by atoms with Gasteiger partial charge in [-0.05, 0) is 44.1 Å². The third-order valence-electron chi connectivity index (χ3n) is 6.64. The van der Waals surface area contributed by atoms with E-state index in [9.17, 15) is 4.79 Å². The highest BCUT2D eigenvalue weighted by atomic mass is 16.5. The van der Waals surface area contributed by atoms with Crippen molar-refractivity contribution >= 4 is 33.6 Å². The van der Waals surface area contributed by atoms with Gasteiger partial charge >= 0.3 is 0 Å². The summed E-state index contributed by atoms with van der Waals surface area (Å²) < 4.78 is 33.9. The van der Waals surface area contributed by atoms with E-state index in [0.29, 0.717) is 54.6 Å². The fraction of sp³-hybridized carbons (Fsp3) is 0.296. The fourth-order valence-electron chi connectivity index (χ4n) is 4.71. The predicted molar refractivity (Wildman–Crippen MR) is 146 cm³/mol. The smallest absolute Gasteiger partial charge is 0.278 e. The van der Waals surface area contributed by atoms with Gasteiger partial charge in [0.05, 0.1) is 18.3 Å². The van der Waals surface area contributed by atoms with Crippen LogP contribution in [0, 0.1) is 0 Å². The number of benzene rings is 1. The maximum Gasteiger partial charge on any atom is 0.278 e. The van der Waals surface area contributed by atoms with Crippen LogP contribution in [0.1, 0.15) is 17.0 Å². The number of piperidine rings is 1. The molecule has 0 spiro atoms. The monoisotopic (exact) mass is 514 g/mol. The lowest BCUT2D eigenvalue weighted by molar-refractivity contribution is 0.110. The van der Waals surface area contributed by atoms with Gasteiger partial charge in [0.25, 0.3) is 5.56 Å². The van der Waals surface area contributed by atoms with Gasteiger partial charge in [-0.3, -0.25) is 9.48 Å². The van der Waals surface area contributed by atoms with Crippen LogP contribution in [0.2, 0.25) is 0 Å². The highest BCUT2D eigenvalue weighted by molar-refractivity contribution is 5.83. The van der Waals surface area contributed by atoms with E-state index in [2.05, 4.69) is 22.0 Å². The van der Waals surface area contributed by atoms with Gasteiger partial charge in [-0.25, -0.2) is 14.3 Å². The number of pyridine rings is 1. The van der Waals surface area contributed by atoms with Crippen molar-refractivity contribution in [3.8, 4) is 11.7 Å². The van der Waals surface area contributed by atoms with Gasteiger partial charge in [-0.1, -0.05) is 12.1 Å². The third-order valence-corrected chi connectivity index (χ3v) is 6.64. The molecule has 5 heterocycles. The summed E-state index contributed by atoms with van der Waals surface area (Å²) in [6.45, 7) is 2.77. The van der Waals surface area contributed by atoms with Crippen molar-refractivity contribution in [3.63, 3.8) is 0 Å². The summed E-state index contributed by atoms with van der Waals surface area (Å²) in [4.78, 5) is 28.6. The number of hydrogen-bond donors (Lipinski definition) is 1. The van der Waals surface area contributed by atoms with Gasteiger partial charge in [0, 0.05) is 47.6 Å². The number of hydrogen-bond acceptors (Lipinski definition) is 8. The Balaban J connectivity index is 1.32. The van der Waals surface area contributed by atoms with Crippen molar-refractivity contribution in [1.29, 1.82) is 0 Å². The molecule has 38 heavy (non-hydrogen) atoms. The molecule has 1 aliphatic heterocycles. The molecule has 1 fully saturated rings. The molecule has 4 aromatic heterocycles. The SMILES string of the molecule is [2H]C([2H])([2H])N1CCC(Oc2cccc(-n3c4nc(Nc5ccc6c(cnn6C)c5)ncc4c(=O)n3CC=C)n2)CC1. The number of nitrogens with zero attached hydrogens (tertiary/aromatic N) is 8. The second-order valence-electron chi connectivity index (χ2n) is 9.22. The molecule has 0 unspecified atom stereocenters. The average Bonchev–Trinajstić information content (AvgIpc) is 3.45. The summed E-state index contributed by atoms with van der Waals surface area (Å²) in [7, 11) is 1.89. The molecular weight excluding hydrogens is 482 g/mol. The van der Waals surface area contributed by atoms with Crippen LogP contribution < -0.4 is 15.6 Å². The normalized spacial score (nSPS) is 16.3. The summed E-state index contributed by atoms with van der Waals surface area (Å²) in [5, 5.41) is 8.82. The fourth-order valence-corrected chi connectivity index (χ4v) is 4.71. The van der Waals surface area contributed by atoms with Crippen molar-refractivity contribution in [3.05, 3.63) is 71.8 Å². The number of fused-ring (bicyclic) bond motifs is 2. The van der Waals surface area contributed by atoms with E-state index < -0.39 is 6.98 Å². The average molecular weight is 515 g/mol. The Hall–Kier alpha value is -4.51. The van der Waals surface area contributed by atoms with Crippen molar-refractivity contribution in [2.75, 3.05) is 25.4 Å². The topological polar surface area (TPSA) is 108 Å². The summed E-state index contributed by atoms with van der Waals surface area (Å²) >= 11 is 0. The molecule has 0 atom stereocenters. The van der Waals surface area contributed by atoms with Crippen LogP contribution in [0.4, 0.5) is 11.6 Å². The Kier molecular flexibility index (Phi) is 5.27. The van der Waals surface area contributed by atoms with Crippen LogP contribution in [-0.4, -0.2) is 65.2 Å². The molecule has 1 aromatic carbocycles. The number of anilines is 2. The Morgan fingerprint density at radius 3 is 2.89 bits per heavy atom. The van der Waals surface area contributed by atoms with Gasteiger partial charge in [-0.15, -0.1) is 6.58 Å². The number of rotatable bonds is 7. The zero-order valence-electron chi connectivity index (χ0n) is 23.9. The molecule has 1 saturated heterocycles. The first-order valence-electron chi connectivity index (χ1n) is 13.9. The van der Waals surface area contributed by atoms with Crippen LogP contribution >= 0.6 is 0 Å². The Morgan fingerprint density at radius 1 is 1.21 bits per heavy atom. The first-order valence-corrected chi connectivity index (χ1v) is 12.4. The molecule has 6 rings (SSSR count). The van der Waals surface area contributed by atoms with E-state index in [1.165, 1.54) is 15.8 Å². The Labute approximate surface area is 223 Å². The minimum Gasteiger partial charge on any atom is -0.474 e. The molecule has 0 aliphatic carbocycles. The van der Waals surface area contributed by atoms with E-state index in [0.717, 1.165) is 16.6 Å². The lowest BCUT2D eigenvalue weighted by Gasteiger charge is -2.29. The largest absolute Gasteiger partial charge is 0.474 e. The van der Waals surface area contributed by atoms with Crippen LogP contribution in [0.3, 0.4) is 0 Å². The lowest BCUT2D eigenvalue weighted by Crippen LogP contribution is -2.35. The molecular formula is C27H29N9O2. The van der Waals surface area contributed by atoms with Crippen molar-refractivity contribution < 1.29 is 8.85 Å². The second kappa shape index (κ2) is 9.75. The van der Waals surface area contributed by atoms with E-state index in [1.54, 1.807) is 39.8 Å². The molecule has 11 heteroatoms. The summed E-state index contributed by atoms with van der Waals surface area (Å²) in [6, 6.07) is 11.1. The molecule has 11 nitrogen and oxygen atoms in total. The third kappa shape index (κ3) is 4.41. The lowest BCUT2D eigenvalue weighted by atomic mass is 10.1. The van der Waals surface area contributed by atoms with Crippen LogP contribution in [0.5, 0.6) is 5.88 Å². The molecule has 1 N–H and O–H groups in total. The maximum atomic E-state index is 13.3. The summed E-state index contributed by atoms with van der Waals surface area (Å²) in [5.41, 5.74) is 1.89. The van der Waals surface area contributed by atoms with Gasteiger partial charge in [0.2, 0.25) is 11.8 Å². The molecule has 0 amide bonds. The van der Waals surface area contributed by atoms with Crippen molar-refractivity contribution in [2.45, 2.75) is 25.5 Å². The molecule has 5 aromatic rings. The van der Waals surface area contributed by atoms with E-state index in [-0.39, 0.29) is 18.2 Å². The quantitative estimate of drug-likeness (QED) is 0.330. The molecule has 0 radical (unpaired) electrons. The van der Waals surface area contributed by atoms with Crippen LogP contribution in [-0.2, 0) is 13.6 Å². The molecule has 0 saturated carbocycles. The molecule has 194 valence electrons. The number of ether oxygens (including phenoxy) is 1. The van der Waals surface area contributed by atoms with Crippen LogP contribution in [0.25, 0.3) is 27.8 Å². The standard InChI is InChI=1S/C27H29N9O2/c1-4-12-35-26(37)21-17-28-27(30-19-8-9-22-18(15-19)16-29-34(22)3)32-25(21)36(35)23-6-5-7-24(31-23)38-20-10-13-33(2)14-11-20/h4-9,15-17,20H,1,10-14H2,2-3H3,(H,28,30,32)/i2D3. The molecule has 0 bridgehead atoms. The van der Waals surface area contributed by atoms with Gasteiger partial charge in [0.1, 0.15) is 11.5 Å². The van der Waals surface area contributed by atoms with Gasteiger partial charge in [-0.2, -0.15) is 15.1 Å². The summed E-state index contributed by atoms with van der Waals surface area (Å²) in [5.74, 6) is 1.14. The maximum absolute atomic E-state index is 13.3. The van der Waals surface area contributed by atoms with Gasteiger partial charge in [0.15, 0.2) is 11.5 Å². The number of aromatic nitrogens is 7. The van der Waals surface area contributed by atoms with E-state index >= 15 is 0 Å². The zero-order chi connectivity index (χ0) is 28.7. The van der Waals surface area contributed by atoms with E-state index in [4.69, 9.17) is 18.8 Å². The first-order chi connectivity index (χ1) is 19.7. The van der Waals surface area contributed by atoms with Crippen molar-refractivity contribution in [1.82, 2.24) is 39.0 Å². The molecule has 1 aliphatic rings. The van der Waals surface area contributed by atoms with Gasteiger partial charge < -0.3 is 15.0 Å². The Bertz CT molecular complexity index is 1800. The minimum atomic E-state index is -2.10. The first kappa shape index (κ1) is 20.5. The number of allylic oxidation sites excluding steroid dienone is 1. The van der Waals surface area contributed by atoms with E-state index in [1.807, 2.05) is 25.2 Å². The highest BCUT2D eigenvalue weighted by Gasteiger charge is 2.21. The van der Waals surface area contributed by atoms with Crippen LogP contribution in [0.15, 0.2) is 66.2 Å². The number of aryl methyl sites for hydroxylation is 1. The predicted octanol–water partition coefficient (Wildman–Crippen LogP) is 3.27. The number of nitrogens with one attached hydrogen (secondary N) is 1. The number of likely N-dealkylation sites (tertiary alicyclic amines) is 1.